The molecule has 146 valence electrons. The van der Waals surface area contributed by atoms with E-state index in [4.69, 9.17) is 4.98 Å². The van der Waals surface area contributed by atoms with Crippen molar-refractivity contribution in [3.8, 4) is 0 Å². The molecule has 0 spiro atoms. The normalized spacial score (nSPS) is 17.4. The first-order chi connectivity index (χ1) is 13.5. The van der Waals surface area contributed by atoms with Crippen molar-refractivity contribution < 1.29 is 14.7 Å². The van der Waals surface area contributed by atoms with Crippen molar-refractivity contribution in [2.45, 2.75) is 39.5 Å². The SMILES string of the molecule is Cc1nc2c3ccccc3nn2c(C)c1CCC(=O)N1CCC[C@H](C(=O)O)C1. The number of carbonyl (C=O) groups is 2. The van der Waals surface area contributed by atoms with Crippen LogP contribution in [-0.2, 0) is 16.0 Å². The highest BCUT2D eigenvalue weighted by atomic mass is 16.4. The molecule has 4 rings (SSSR count). The van der Waals surface area contributed by atoms with Gasteiger partial charge in [-0.1, -0.05) is 12.1 Å². The van der Waals surface area contributed by atoms with Crippen LogP contribution in [0.3, 0.4) is 0 Å². The van der Waals surface area contributed by atoms with Crippen molar-refractivity contribution in [3.63, 3.8) is 0 Å². The molecule has 7 heteroatoms. The number of amides is 1. The molecule has 0 unspecified atom stereocenters. The Hall–Kier alpha value is -2.96. The molecular formula is C21H24N4O3. The van der Waals surface area contributed by atoms with Crippen molar-refractivity contribution in [3.05, 3.63) is 41.2 Å². The van der Waals surface area contributed by atoms with Gasteiger partial charge in [-0.2, -0.15) is 5.10 Å². The van der Waals surface area contributed by atoms with Crippen LogP contribution in [-0.4, -0.2) is 49.6 Å². The van der Waals surface area contributed by atoms with Crippen LogP contribution < -0.4 is 0 Å². The maximum absolute atomic E-state index is 12.7. The van der Waals surface area contributed by atoms with E-state index in [2.05, 4.69) is 5.10 Å². The van der Waals surface area contributed by atoms with Crippen LogP contribution in [0.15, 0.2) is 24.3 Å². The van der Waals surface area contributed by atoms with Gasteiger partial charge in [0.25, 0.3) is 0 Å². The van der Waals surface area contributed by atoms with E-state index >= 15 is 0 Å². The minimum Gasteiger partial charge on any atom is -0.481 e. The standard InChI is InChI=1S/C21H24N4O3/c1-13-16(9-10-19(26)24-11-5-6-15(12-24)21(27)28)14(2)25-20(22-13)17-7-3-4-8-18(17)23-25/h3-4,7-8,15H,5-6,9-12H2,1-2H3,(H,27,28)/t15-/m0/s1. The average molecular weight is 380 g/mol. The third kappa shape index (κ3) is 3.21. The Bertz CT molecular complexity index is 1070. The molecule has 3 heterocycles. The number of piperidine rings is 1. The predicted molar refractivity (Wildman–Crippen MR) is 105 cm³/mol. The number of hydrogen-bond donors (Lipinski definition) is 1. The highest BCUT2D eigenvalue weighted by Gasteiger charge is 2.28. The summed E-state index contributed by atoms with van der Waals surface area (Å²) in [6.45, 7) is 4.93. The lowest BCUT2D eigenvalue weighted by atomic mass is 9.97. The second kappa shape index (κ2) is 7.22. The number of fused-ring (bicyclic) bond motifs is 3. The Morgan fingerprint density at radius 1 is 1.25 bits per heavy atom. The first-order valence-corrected chi connectivity index (χ1v) is 9.70. The largest absolute Gasteiger partial charge is 0.481 e. The highest BCUT2D eigenvalue weighted by molar-refractivity contribution is 5.92. The number of carboxylic acid groups (broad SMARTS) is 1. The van der Waals surface area contributed by atoms with Crippen molar-refractivity contribution in [2.75, 3.05) is 13.1 Å². The maximum Gasteiger partial charge on any atom is 0.308 e. The number of nitrogens with zero attached hydrogens (tertiary/aromatic N) is 4. The van der Waals surface area contributed by atoms with E-state index in [1.54, 1.807) is 4.90 Å². The molecule has 1 aromatic carbocycles. The molecule has 0 aliphatic carbocycles. The summed E-state index contributed by atoms with van der Waals surface area (Å²) >= 11 is 0. The fourth-order valence-corrected chi connectivity index (χ4v) is 4.13. The lowest BCUT2D eigenvalue weighted by Crippen LogP contribution is -2.42. The van der Waals surface area contributed by atoms with Gasteiger partial charge in [-0.05, 0) is 50.8 Å². The maximum atomic E-state index is 12.7. The number of aliphatic carboxylic acids is 1. The quantitative estimate of drug-likeness (QED) is 0.752. The van der Waals surface area contributed by atoms with Crippen molar-refractivity contribution in [1.29, 1.82) is 0 Å². The number of aryl methyl sites for hydroxylation is 2. The number of aromatic nitrogens is 3. The summed E-state index contributed by atoms with van der Waals surface area (Å²) < 4.78 is 1.86. The molecule has 28 heavy (non-hydrogen) atoms. The third-order valence-corrected chi connectivity index (χ3v) is 5.73. The summed E-state index contributed by atoms with van der Waals surface area (Å²) in [5, 5.41) is 14.9. The third-order valence-electron chi connectivity index (χ3n) is 5.73. The van der Waals surface area contributed by atoms with Crippen LogP contribution in [0, 0.1) is 19.8 Å². The Labute approximate surface area is 163 Å². The Morgan fingerprint density at radius 2 is 2.04 bits per heavy atom. The van der Waals surface area contributed by atoms with Crippen molar-refractivity contribution in [2.24, 2.45) is 5.92 Å². The minimum absolute atomic E-state index is 0.00970. The van der Waals surface area contributed by atoms with Gasteiger partial charge < -0.3 is 10.0 Å². The summed E-state index contributed by atoms with van der Waals surface area (Å²) in [6.07, 6.45) is 2.31. The van der Waals surface area contributed by atoms with Crippen molar-refractivity contribution in [1.82, 2.24) is 19.5 Å². The van der Waals surface area contributed by atoms with Crippen molar-refractivity contribution >= 4 is 28.4 Å². The molecule has 0 saturated carbocycles. The zero-order chi connectivity index (χ0) is 19.8. The number of benzene rings is 1. The Kier molecular flexibility index (Phi) is 4.75. The van der Waals surface area contributed by atoms with E-state index < -0.39 is 11.9 Å². The molecule has 3 aromatic rings. The van der Waals surface area contributed by atoms with E-state index in [1.165, 1.54) is 0 Å². The molecule has 2 aromatic heterocycles. The van der Waals surface area contributed by atoms with Gasteiger partial charge in [-0.25, -0.2) is 9.50 Å². The van der Waals surface area contributed by atoms with Crippen LogP contribution in [0.25, 0.3) is 16.6 Å². The fraction of sp³-hybridized carbons (Fsp3) is 0.429. The monoisotopic (exact) mass is 380 g/mol. The number of carbonyl (C=O) groups excluding carboxylic acids is 1. The average Bonchev–Trinajstić information content (AvgIpc) is 3.06. The number of carboxylic acids is 1. The van der Waals surface area contributed by atoms with Crippen LogP contribution in [0.2, 0.25) is 0 Å². The highest BCUT2D eigenvalue weighted by Crippen LogP contribution is 2.24. The van der Waals surface area contributed by atoms with Gasteiger partial charge in [-0.15, -0.1) is 0 Å². The number of likely N-dealkylation sites (tertiary alicyclic amines) is 1. The Balaban J connectivity index is 1.55. The zero-order valence-electron chi connectivity index (χ0n) is 16.2. The summed E-state index contributed by atoms with van der Waals surface area (Å²) in [5.74, 6) is -1.25. The number of rotatable bonds is 4. The van der Waals surface area contributed by atoms with Crippen LogP contribution in [0.4, 0.5) is 0 Å². The fourth-order valence-electron chi connectivity index (χ4n) is 4.13. The van der Waals surface area contributed by atoms with E-state index in [-0.39, 0.29) is 5.91 Å². The predicted octanol–water partition coefficient (Wildman–Crippen LogP) is 2.76. The van der Waals surface area contributed by atoms with Gasteiger partial charge in [0.1, 0.15) is 0 Å². The van der Waals surface area contributed by atoms with Crippen LogP contribution in [0.5, 0.6) is 0 Å². The lowest BCUT2D eigenvalue weighted by Gasteiger charge is -2.30. The van der Waals surface area contributed by atoms with E-state index in [0.29, 0.717) is 32.4 Å². The summed E-state index contributed by atoms with van der Waals surface area (Å²) in [5.41, 5.74) is 4.67. The molecule has 0 bridgehead atoms. The molecule has 1 aliphatic rings. The Morgan fingerprint density at radius 3 is 2.82 bits per heavy atom. The van der Waals surface area contributed by atoms with Gasteiger partial charge in [0.05, 0.1) is 11.4 Å². The van der Waals surface area contributed by atoms with Gasteiger partial charge in [-0.3, -0.25) is 9.59 Å². The molecule has 0 radical (unpaired) electrons. The molecule has 1 N–H and O–H groups in total. The summed E-state index contributed by atoms with van der Waals surface area (Å²) in [7, 11) is 0. The lowest BCUT2D eigenvalue weighted by molar-refractivity contribution is -0.145. The van der Waals surface area contributed by atoms with Gasteiger partial charge in [0, 0.05) is 36.3 Å². The van der Waals surface area contributed by atoms with Crippen LogP contribution >= 0.6 is 0 Å². The van der Waals surface area contributed by atoms with E-state index in [1.807, 2.05) is 42.6 Å². The molecular weight excluding hydrogens is 356 g/mol. The first-order valence-electron chi connectivity index (χ1n) is 9.70. The summed E-state index contributed by atoms with van der Waals surface area (Å²) in [4.78, 5) is 30.3. The smallest absolute Gasteiger partial charge is 0.308 e. The molecule has 1 saturated heterocycles. The molecule has 1 amide bonds. The molecule has 1 aliphatic heterocycles. The second-order valence-electron chi connectivity index (χ2n) is 7.53. The number of hydrogen-bond acceptors (Lipinski definition) is 4. The molecule has 7 nitrogen and oxygen atoms in total. The van der Waals surface area contributed by atoms with E-state index in [0.717, 1.165) is 39.9 Å². The van der Waals surface area contributed by atoms with Gasteiger partial charge >= 0.3 is 5.97 Å². The van der Waals surface area contributed by atoms with Gasteiger partial charge in [0.15, 0.2) is 5.65 Å². The van der Waals surface area contributed by atoms with Gasteiger partial charge in [0.2, 0.25) is 5.91 Å². The van der Waals surface area contributed by atoms with Crippen LogP contribution in [0.1, 0.15) is 36.2 Å². The molecule has 1 fully saturated rings. The summed E-state index contributed by atoms with van der Waals surface area (Å²) in [6, 6.07) is 7.92. The minimum atomic E-state index is -0.815. The second-order valence-corrected chi connectivity index (χ2v) is 7.53. The zero-order valence-corrected chi connectivity index (χ0v) is 16.2. The van der Waals surface area contributed by atoms with E-state index in [9.17, 15) is 14.7 Å². The topological polar surface area (TPSA) is 87.8 Å². The first kappa shape index (κ1) is 18.4. The molecule has 1 atom stereocenters.